The van der Waals surface area contributed by atoms with Crippen LogP contribution in [0, 0.1) is 0 Å². The van der Waals surface area contributed by atoms with Crippen LogP contribution in [-0.4, -0.2) is 63.2 Å². The number of benzene rings is 1. The number of rotatable bonds is 7. The summed E-state index contributed by atoms with van der Waals surface area (Å²) in [5, 5.41) is 3.16. The van der Waals surface area contributed by atoms with Crippen molar-refractivity contribution in [3.05, 3.63) is 52.1 Å². The van der Waals surface area contributed by atoms with Crippen molar-refractivity contribution in [2.75, 3.05) is 25.0 Å². The van der Waals surface area contributed by atoms with Gasteiger partial charge in [0.25, 0.3) is 5.56 Å². The Bertz CT molecular complexity index is 1430. The smallest absolute Gasteiger partial charge is 0.444 e. The van der Waals surface area contributed by atoms with E-state index in [1.807, 2.05) is 30.3 Å². The van der Waals surface area contributed by atoms with Crippen LogP contribution in [0.25, 0.3) is 10.3 Å². The van der Waals surface area contributed by atoms with E-state index in [4.69, 9.17) is 4.74 Å². The topological polar surface area (TPSA) is 110 Å². The predicted octanol–water partition coefficient (Wildman–Crippen LogP) is 4.02. The first-order chi connectivity index (χ1) is 18.7. The molecule has 1 unspecified atom stereocenters. The molecule has 0 bridgehead atoms. The first-order valence-corrected chi connectivity index (χ1v) is 13.6. The molecule has 1 aliphatic rings. The van der Waals surface area contributed by atoms with Crippen molar-refractivity contribution in [1.29, 1.82) is 0 Å². The third kappa shape index (κ3) is 6.72. The maximum atomic E-state index is 14.0. The summed E-state index contributed by atoms with van der Waals surface area (Å²) >= 11 is 0.845. The van der Waals surface area contributed by atoms with Crippen molar-refractivity contribution in [3.63, 3.8) is 0 Å². The maximum Gasteiger partial charge on any atom is 0.449 e. The van der Waals surface area contributed by atoms with Crippen LogP contribution in [0.5, 0.6) is 0 Å². The number of amides is 2. The molecular formula is C26H31F3N6O4S. The maximum absolute atomic E-state index is 14.0. The quantitative estimate of drug-likeness (QED) is 0.450. The molecule has 40 heavy (non-hydrogen) atoms. The molecule has 1 fully saturated rings. The molecule has 2 amide bonds. The Labute approximate surface area is 232 Å². The number of anilines is 1. The van der Waals surface area contributed by atoms with E-state index in [0.717, 1.165) is 21.8 Å². The standard InChI is InChI=1S/C26H31F3N6O4S/c1-25(2,3)39-24(38)33(4)13-14-35-21(37)18-20(32-22(35)26(27,28)29)40-23(31-18)34-12-8-11-17(34)19(36)30-15-16-9-6-5-7-10-16/h5-7,9-10,17H,8,11-15H2,1-4H3,(H,30,36). The fourth-order valence-corrected chi connectivity index (χ4v) is 5.30. The Morgan fingerprint density at radius 2 is 1.88 bits per heavy atom. The van der Waals surface area contributed by atoms with E-state index in [1.165, 1.54) is 7.05 Å². The zero-order valence-corrected chi connectivity index (χ0v) is 23.4. The number of ether oxygens (including phenoxy) is 1. The highest BCUT2D eigenvalue weighted by Crippen LogP contribution is 2.34. The number of carbonyl (C=O) groups is 2. The van der Waals surface area contributed by atoms with E-state index in [-0.39, 0.29) is 27.9 Å². The Morgan fingerprint density at radius 3 is 2.52 bits per heavy atom. The molecule has 1 saturated heterocycles. The molecule has 2 aromatic heterocycles. The lowest BCUT2D eigenvalue weighted by molar-refractivity contribution is -0.148. The van der Waals surface area contributed by atoms with Crippen molar-refractivity contribution < 1.29 is 27.5 Å². The Morgan fingerprint density at radius 1 is 1.18 bits per heavy atom. The fourth-order valence-electron chi connectivity index (χ4n) is 4.30. The number of nitrogens with one attached hydrogen (secondary N) is 1. The zero-order valence-electron chi connectivity index (χ0n) is 22.6. The largest absolute Gasteiger partial charge is 0.449 e. The van der Waals surface area contributed by atoms with E-state index in [0.29, 0.717) is 30.5 Å². The van der Waals surface area contributed by atoms with Gasteiger partial charge in [0.15, 0.2) is 15.5 Å². The monoisotopic (exact) mass is 580 g/mol. The molecular weight excluding hydrogens is 549 g/mol. The van der Waals surface area contributed by atoms with Gasteiger partial charge in [-0.05, 0) is 39.2 Å². The summed E-state index contributed by atoms with van der Waals surface area (Å²) in [6.07, 6.45) is -4.43. The van der Waals surface area contributed by atoms with Gasteiger partial charge in [0.1, 0.15) is 11.6 Å². The van der Waals surface area contributed by atoms with Crippen molar-refractivity contribution in [2.45, 2.75) is 64.5 Å². The number of fused-ring (bicyclic) bond motifs is 1. The molecule has 0 spiro atoms. The third-order valence-electron chi connectivity index (χ3n) is 6.24. The summed E-state index contributed by atoms with van der Waals surface area (Å²) in [5.74, 6) is -1.61. The molecule has 216 valence electrons. The molecule has 1 atom stereocenters. The zero-order chi connectivity index (χ0) is 29.2. The van der Waals surface area contributed by atoms with E-state index < -0.39 is 41.8 Å². The third-order valence-corrected chi connectivity index (χ3v) is 7.22. The summed E-state index contributed by atoms with van der Waals surface area (Å²) in [6, 6.07) is 8.82. The normalized spacial score (nSPS) is 15.9. The van der Waals surface area contributed by atoms with Gasteiger partial charge in [0, 0.05) is 33.2 Å². The van der Waals surface area contributed by atoms with Crippen LogP contribution in [0.4, 0.5) is 23.1 Å². The van der Waals surface area contributed by atoms with E-state index >= 15 is 0 Å². The van der Waals surface area contributed by atoms with Gasteiger partial charge in [-0.25, -0.2) is 14.8 Å². The van der Waals surface area contributed by atoms with Crippen molar-refractivity contribution in [2.24, 2.45) is 0 Å². The molecule has 0 radical (unpaired) electrons. The molecule has 4 rings (SSSR count). The molecule has 1 aliphatic heterocycles. The number of nitrogens with zero attached hydrogens (tertiary/aromatic N) is 5. The number of hydrogen-bond donors (Lipinski definition) is 1. The number of likely N-dealkylation sites (N-methyl/N-ethyl adjacent to an activating group) is 1. The number of hydrogen-bond acceptors (Lipinski definition) is 8. The Kier molecular flexibility index (Phi) is 8.38. The van der Waals surface area contributed by atoms with E-state index in [1.54, 1.807) is 25.7 Å². The molecule has 3 heterocycles. The summed E-state index contributed by atoms with van der Waals surface area (Å²) in [6.45, 7) is 5.11. The van der Waals surface area contributed by atoms with Crippen LogP contribution in [0.3, 0.4) is 0 Å². The second-order valence-corrected chi connectivity index (χ2v) is 11.5. The second-order valence-electron chi connectivity index (χ2n) is 10.5. The minimum absolute atomic E-state index is 0.167. The highest BCUT2D eigenvalue weighted by Gasteiger charge is 2.39. The van der Waals surface area contributed by atoms with Gasteiger partial charge in [-0.15, -0.1) is 0 Å². The Hall–Kier alpha value is -3.68. The summed E-state index contributed by atoms with van der Waals surface area (Å²) in [5.41, 5.74) is -1.05. The number of thiazole rings is 1. The van der Waals surface area contributed by atoms with Gasteiger partial charge in [0.05, 0.1) is 0 Å². The molecule has 3 aromatic rings. The number of carbonyl (C=O) groups excluding carboxylic acids is 2. The van der Waals surface area contributed by atoms with Crippen molar-refractivity contribution in [3.8, 4) is 0 Å². The van der Waals surface area contributed by atoms with Gasteiger partial charge in [0.2, 0.25) is 11.7 Å². The highest BCUT2D eigenvalue weighted by molar-refractivity contribution is 7.21. The van der Waals surface area contributed by atoms with Gasteiger partial charge in [-0.3, -0.25) is 14.2 Å². The number of alkyl halides is 3. The van der Waals surface area contributed by atoms with Crippen molar-refractivity contribution >= 4 is 38.8 Å². The highest BCUT2D eigenvalue weighted by atomic mass is 32.1. The first kappa shape index (κ1) is 29.3. The van der Waals surface area contributed by atoms with E-state index in [9.17, 15) is 27.6 Å². The van der Waals surface area contributed by atoms with E-state index in [2.05, 4.69) is 15.3 Å². The number of halogens is 3. The predicted molar refractivity (Wildman–Crippen MR) is 144 cm³/mol. The average Bonchev–Trinajstić information content (AvgIpc) is 3.53. The van der Waals surface area contributed by atoms with Crippen LogP contribution >= 0.6 is 11.3 Å². The van der Waals surface area contributed by atoms with Crippen LogP contribution in [0.2, 0.25) is 0 Å². The molecule has 1 N–H and O–H groups in total. The minimum Gasteiger partial charge on any atom is -0.444 e. The number of aromatic nitrogens is 3. The molecule has 10 nitrogen and oxygen atoms in total. The average molecular weight is 581 g/mol. The SMILES string of the molecule is CN(CCn1c(C(F)(F)F)nc2sc(N3CCCC3C(=O)NCc3ccccc3)nc2c1=O)C(=O)OC(C)(C)C. The Balaban J connectivity index is 1.58. The lowest BCUT2D eigenvalue weighted by Crippen LogP contribution is -2.43. The lowest BCUT2D eigenvalue weighted by atomic mass is 10.2. The van der Waals surface area contributed by atoms with Gasteiger partial charge in [-0.2, -0.15) is 13.2 Å². The van der Waals surface area contributed by atoms with Crippen LogP contribution < -0.4 is 15.8 Å². The molecule has 0 aliphatic carbocycles. The van der Waals surface area contributed by atoms with Crippen molar-refractivity contribution in [1.82, 2.24) is 24.8 Å². The lowest BCUT2D eigenvalue weighted by Gasteiger charge is -2.25. The summed E-state index contributed by atoms with van der Waals surface area (Å²) < 4.78 is 47.6. The summed E-state index contributed by atoms with van der Waals surface area (Å²) in [4.78, 5) is 49.2. The van der Waals surface area contributed by atoms with Crippen LogP contribution in [-0.2, 0) is 28.8 Å². The molecule has 0 saturated carbocycles. The second kappa shape index (κ2) is 11.4. The van der Waals surface area contributed by atoms with Gasteiger partial charge in [-0.1, -0.05) is 41.7 Å². The first-order valence-electron chi connectivity index (χ1n) is 12.8. The van der Waals surface area contributed by atoms with Crippen LogP contribution in [0.15, 0.2) is 35.1 Å². The van der Waals surface area contributed by atoms with Crippen LogP contribution in [0.1, 0.15) is 45.0 Å². The fraction of sp³-hybridized carbons (Fsp3) is 0.500. The van der Waals surface area contributed by atoms with Gasteiger partial charge >= 0.3 is 12.3 Å². The molecule has 14 heteroatoms. The summed E-state index contributed by atoms with van der Waals surface area (Å²) in [7, 11) is 1.37. The molecule has 1 aromatic carbocycles. The van der Waals surface area contributed by atoms with Gasteiger partial charge < -0.3 is 19.9 Å². The minimum atomic E-state index is -4.92.